The van der Waals surface area contributed by atoms with Crippen molar-refractivity contribution < 1.29 is 4.79 Å². The molecule has 1 aromatic heterocycles. The van der Waals surface area contributed by atoms with Gasteiger partial charge < -0.3 is 5.32 Å². The fraction of sp³-hybridized carbons (Fsp3) is 0.455. The molecule has 0 aliphatic heterocycles. The molecule has 4 saturated carbocycles. The van der Waals surface area contributed by atoms with Crippen molar-refractivity contribution in [3.63, 3.8) is 0 Å². The predicted octanol–water partition coefficient (Wildman–Crippen LogP) is 4.33. The van der Waals surface area contributed by atoms with Crippen molar-refractivity contribution in [3.05, 3.63) is 48.2 Å². The van der Waals surface area contributed by atoms with E-state index in [0.717, 1.165) is 34.4 Å². The van der Waals surface area contributed by atoms with Gasteiger partial charge in [-0.3, -0.25) is 4.79 Å². The van der Waals surface area contributed by atoms with Gasteiger partial charge in [0.05, 0.1) is 11.2 Å². The number of nitrogens with one attached hydrogen (secondary N) is 1. The predicted molar refractivity (Wildman–Crippen MR) is 99.8 cm³/mol. The van der Waals surface area contributed by atoms with Gasteiger partial charge in [0.1, 0.15) is 0 Å². The van der Waals surface area contributed by atoms with Gasteiger partial charge in [0.25, 0.3) is 0 Å². The lowest BCUT2D eigenvalue weighted by Crippen LogP contribution is -2.59. The van der Waals surface area contributed by atoms with Crippen molar-refractivity contribution in [3.8, 4) is 0 Å². The van der Waals surface area contributed by atoms with E-state index in [4.69, 9.17) is 0 Å². The van der Waals surface area contributed by atoms with Gasteiger partial charge in [-0.2, -0.15) is 0 Å². The Labute approximate surface area is 148 Å². The Kier molecular flexibility index (Phi) is 3.44. The molecule has 25 heavy (non-hydrogen) atoms. The van der Waals surface area contributed by atoms with Gasteiger partial charge in [-0.15, -0.1) is 0 Å². The highest BCUT2D eigenvalue weighted by Crippen LogP contribution is 2.55. The van der Waals surface area contributed by atoms with Gasteiger partial charge in [0.15, 0.2) is 0 Å². The van der Waals surface area contributed by atoms with Gasteiger partial charge >= 0.3 is 0 Å². The van der Waals surface area contributed by atoms with Crippen LogP contribution in [0.5, 0.6) is 0 Å². The number of pyridine rings is 1. The summed E-state index contributed by atoms with van der Waals surface area (Å²) in [6, 6.07) is 12.1. The normalized spacial score (nSPS) is 33.2. The highest BCUT2D eigenvalue weighted by Gasteiger charge is 2.51. The van der Waals surface area contributed by atoms with Crippen molar-refractivity contribution in [1.29, 1.82) is 0 Å². The van der Waals surface area contributed by atoms with Crippen LogP contribution in [-0.2, 0) is 4.79 Å². The minimum atomic E-state index is 0.0388. The first-order chi connectivity index (χ1) is 12.2. The summed E-state index contributed by atoms with van der Waals surface area (Å²) in [5.74, 6) is 2.57. The topological polar surface area (TPSA) is 42.0 Å². The number of amides is 1. The second-order valence-corrected chi connectivity index (χ2v) is 8.45. The van der Waals surface area contributed by atoms with Crippen LogP contribution in [-0.4, -0.2) is 16.4 Å². The number of para-hydroxylation sites is 1. The standard InChI is InChI=1S/C22H24N2O/c25-21(8-7-19-6-5-18-3-1-2-4-20(18)23-19)24-22-12-15-9-16(13-22)11-17(10-15)14-22/h1-8,15-17H,9-14H2,(H,24,25)/b8-7+. The van der Waals surface area contributed by atoms with E-state index < -0.39 is 0 Å². The molecule has 0 spiro atoms. The van der Waals surface area contributed by atoms with Gasteiger partial charge in [-0.25, -0.2) is 4.98 Å². The average molecular weight is 332 g/mol. The molecule has 4 bridgehead atoms. The van der Waals surface area contributed by atoms with Crippen LogP contribution < -0.4 is 5.32 Å². The number of benzene rings is 1. The van der Waals surface area contributed by atoms with Crippen LogP contribution in [0.25, 0.3) is 17.0 Å². The second kappa shape index (κ2) is 5.69. The molecular weight excluding hydrogens is 308 g/mol. The molecule has 3 heteroatoms. The summed E-state index contributed by atoms with van der Waals surface area (Å²) in [6.45, 7) is 0. The smallest absolute Gasteiger partial charge is 0.244 e. The largest absolute Gasteiger partial charge is 0.347 e. The average Bonchev–Trinajstić information content (AvgIpc) is 2.58. The van der Waals surface area contributed by atoms with Crippen molar-refractivity contribution in [2.24, 2.45) is 17.8 Å². The molecule has 0 atom stereocenters. The molecule has 2 aromatic rings. The van der Waals surface area contributed by atoms with E-state index in [1.807, 2.05) is 30.3 Å². The number of nitrogens with zero attached hydrogens (tertiary/aromatic N) is 1. The maximum atomic E-state index is 12.5. The monoisotopic (exact) mass is 332 g/mol. The molecule has 4 aliphatic carbocycles. The summed E-state index contributed by atoms with van der Waals surface area (Å²) < 4.78 is 0. The summed E-state index contributed by atoms with van der Waals surface area (Å²) in [6.07, 6.45) is 11.2. The van der Waals surface area contributed by atoms with Gasteiger partial charge in [0.2, 0.25) is 5.91 Å². The number of hydrogen-bond donors (Lipinski definition) is 1. The third-order valence-corrected chi connectivity index (χ3v) is 6.45. The number of carbonyl (C=O) groups excluding carboxylic acids is 1. The third-order valence-electron chi connectivity index (χ3n) is 6.45. The first kappa shape index (κ1) is 15.1. The lowest BCUT2D eigenvalue weighted by Gasteiger charge is -2.56. The highest BCUT2D eigenvalue weighted by molar-refractivity contribution is 5.92. The summed E-state index contributed by atoms with van der Waals surface area (Å²) >= 11 is 0. The molecule has 6 rings (SSSR count). The Morgan fingerprint density at radius 1 is 1.00 bits per heavy atom. The Balaban J connectivity index is 1.30. The highest BCUT2D eigenvalue weighted by atomic mass is 16.1. The van der Waals surface area contributed by atoms with Gasteiger partial charge in [0, 0.05) is 17.0 Å². The molecule has 0 unspecified atom stereocenters. The molecule has 1 amide bonds. The zero-order valence-corrected chi connectivity index (χ0v) is 14.4. The Morgan fingerprint density at radius 2 is 1.68 bits per heavy atom. The van der Waals surface area contributed by atoms with Crippen LogP contribution in [0.3, 0.4) is 0 Å². The van der Waals surface area contributed by atoms with Crippen molar-refractivity contribution >= 4 is 22.9 Å². The van der Waals surface area contributed by atoms with Crippen molar-refractivity contribution in [1.82, 2.24) is 10.3 Å². The molecular formula is C22H24N2O. The molecule has 1 N–H and O–H groups in total. The van der Waals surface area contributed by atoms with Crippen LogP contribution in [0.2, 0.25) is 0 Å². The summed E-state index contributed by atoms with van der Waals surface area (Å²) in [5.41, 5.74) is 1.87. The third kappa shape index (κ3) is 2.86. The first-order valence-corrected chi connectivity index (χ1v) is 9.53. The van der Waals surface area contributed by atoms with E-state index in [1.165, 1.54) is 38.5 Å². The summed E-state index contributed by atoms with van der Waals surface area (Å²) in [4.78, 5) is 17.1. The number of aromatic nitrogens is 1. The van der Waals surface area contributed by atoms with E-state index in [-0.39, 0.29) is 11.4 Å². The maximum Gasteiger partial charge on any atom is 0.244 e. The summed E-state index contributed by atoms with van der Waals surface area (Å²) in [7, 11) is 0. The van der Waals surface area contributed by atoms with Crippen molar-refractivity contribution in [2.75, 3.05) is 0 Å². The molecule has 4 fully saturated rings. The Morgan fingerprint density at radius 3 is 2.40 bits per heavy atom. The second-order valence-electron chi connectivity index (χ2n) is 8.45. The molecule has 1 heterocycles. The fourth-order valence-electron chi connectivity index (χ4n) is 5.90. The lowest BCUT2D eigenvalue weighted by atomic mass is 9.53. The zero-order chi connectivity index (χ0) is 16.9. The van der Waals surface area contributed by atoms with Crippen LogP contribution in [0, 0.1) is 17.8 Å². The van der Waals surface area contributed by atoms with Gasteiger partial charge in [-0.1, -0.05) is 24.3 Å². The van der Waals surface area contributed by atoms with E-state index in [2.05, 4.69) is 22.4 Å². The van der Waals surface area contributed by atoms with Crippen LogP contribution >= 0.6 is 0 Å². The minimum Gasteiger partial charge on any atom is -0.347 e. The SMILES string of the molecule is O=C(/C=C/c1ccc2ccccc2n1)NC12CC3CC(CC(C3)C1)C2. The number of rotatable bonds is 3. The lowest BCUT2D eigenvalue weighted by molar-refractivity contribution is -0.122. The van der Waals surface area contributed by atoms with Gasteiger partial charge in [-0.05, 0) is 74.5 Å². The minimum absolute atomic E-state index is 0.0388. The zero-order valence-electron chi connectivity index (χ0n) is 14.4. The van der Waals surface area contributed by atoms with E-state index in [9.17, 15) is 4.79 Å². The van der Waals surface area contributed by atoms with E-state index in [0.29, 0.717) is 0 Å². The maximum absolute atomic E-state index is 12.5. The number of carbonyl (C=O) groups is 1. The molecule has 0 saturated heterocycles. The van der Waals surface area contributed by atoms with E-state index in [1.54, 1.807) is 6.08 Å². The molecule has 3 nitrogen and oxygen atoms in total. The molecule has 128 valence electrons. The quantitative estimate of drug-likeness (QED) is 0.850. The molecule has 1 aromatic carbocycles. The molecule has 0 radical (unpaired) electrons. The van der Waals surface area contributed by atoms with Crippen LogP contribution in [0.15, 0.2) is 42.5 Å². The van der Waals surface area contributed by atoms with Crippen LogP contribution in [0.4, 0.5) is 0 Å². The van der Waals surface area contributed by atoms with Crippen LogP contribution in [0.1, 0.15) is 44.2 Å². The molecule has 4 aliphatic rings. The van der Waals surface area contributed by atoms with E-state index >= 15 is 0 Å². The Bertz CT molecular complexity index is 819. The Hall–Kier alpha value is -2.16. The number of fused-ring (bicyclic) bond motifs is 1. The fourth-order valence-corrected chi connectivity index (χ4v) is 5.90. The summed E-state index contributed by atoms with van der Waals surface area (Å²) in [5, 5.41) is 4.50. The first-order valence-electron chi connectivity index (χ1n) is 9.53. The van der Waals surface area contributed by atoms with Crippen molar-refractivity contribution in [2.45, 2.75) is 44.1 Å². The number of hydrogen-bond acceptors (Lipinski definition) is 2.